The van der Waals surface area contributed by atoms with Gasteiger partial charge in [0.1, 0.15) is 18.2 Å². The Morgan fingerprint density at radius 2 is 1.89 bits per heavy atom. The van der Waals surface area contributed by atoms with Crippen molar-refractivity contribution in [1.82, 2.24) is 19.7 Å². The van der Waals surface area contributed by atoms with E-state index in [9.17, 15) is 27.2 Å². The number of para-hydroxylation sites is 1. The number of carbonyl (C=O) groups is 2. The molecule has 44 heavy (non-hydrogen) atoms. The minimum atomic E-state index is -2.71. The molecule has 1 amide bonds. The van der Waals surface area contributed by atoms with E-state index < -0.39 is 36.2 Å². The van der Waals surface area contributed by atoms with Crippen LogP contribution in [-0.4, -0.2) is 51.0 Å². The molecule has 1 fully saturated rings. The van der Waals surface area contributed by atoms with Gasteiger partial charge in [-0.2, -0.15) is 5.10 Å². The van der Waals surface area contributed by atoms with Gasteiger partial charge in [-0.05, 0) is 49.2 Å². The predicted molar refractivity (Wildman–Crippen MR) is 152 cm³/mol. The monoisotopic (exact) mass is 608 g/mol. The summed E-state index contributed by atoms with van der Waals surface area (Å²) in [6.45, 7) is 1.24. The lowest BCUT2D eigenvalue weighted by Crippen LogP contribution is -2.24. The Bertz CT molecular complexity index is 1900. The Kier molecular flexibility index (Phi) is 7.41. The van der Waals surface area contributed by atoms with E-state index in [1.54, 1.807) is 13.0 Å². The van der Waals surface area contributed by atoms with E-state index in [4.69, 9.17) is 15.2 Å². The lowest BCUT2D eigenvalue weighted by atomic mass is 10.1. The number of hydrogen-bond donors (Lipinski definition) is 2. The van der Waals surface area contributed by atoms with Crippen LogP contribution in [-0.2, 0) is 4.79 Å². The van der Waals surface area contributed by atoms with Crippen molar-refractivity contribution in [2.24, 2.45) is 0 Å². The third-order valence-corrected chi connectivity index (χ3v) is 7.14. The zero-order chi connectivity index (χ0) is 31.1. The number of benzene rings is 2. The molecule has 0 spiro atoms. The number of nitrogen functional groups attached to an aromatic ring is 1. The molecular formula is C30H24F4N6O4. The molecule has 3 aromatic heterocycles. The van der Waals surface area contributed by atoms with Crippen molar-refractivity contribution in [3.05, 3.63) is 83.3 Å². The normalized spacial score (nSPS) is 13.3. The Morgan fingerprint density at radius 1 is 1.11 bits per heavy atom. The third-order valence-electron chi connectivity index (χ3n) is 7.14. The fourth-order valence-electron chi connectivity index (χ4n) is 5.01. The number of H-pyrrole nitrogens is 1. The van der Waals surface area contributed by atoms with E-state index in [1.807, 2.05) is 0 Å². The fourth-order valence-corrected chi connectivity index (χ4v) is 5.01. The molecule has 0 aliphatic carbocycles. The molecular weight excluding hydrogens is 584 g/mol. The molecule has 0 atom stereocenters. The number of aromatic amines is 1. The second-order valence-corrected chi connectivity index (χ2v) is 10.1. The van der Waals surface area contributed by atoms with Crippen LogP contribution in [0.15, 0.2) is 54.9 Å². The summed E-state index contributed by atoms with van der Waals surface area (Å²) in [5.74, 6) is -2.99. The lowest BCUT2D eigenvalue weighted by Gasteiger charge is -2.20. The largest absolute Gasteiger partial charge is 0.485 e. The van der Waals surface area contributed by atoms with Crippen LogP contribution in [0, 0.1) is 18.6 Å². The van der Waals surface area contributed by atoms with Crippen molar-refractivity contribution >= 4 is 34.1 Å². The maximum absolute atomic E-state index is 14.0. The average molecular weight is 609 g/mol. The summed E-state index contributed by atoms with van der Waals surface area (Å²) in [6, 6.07) is 9.40. The van der Waals surface area contributed by atoms with Crippen molar-refractivity contribution < 1.29 is 36.6 Å². The second-order valence-electron chi connectivity index (χ2n) is 10.1. The molecule has 1 aliphatic heterocycles. The van der Waals surface area contributed by atoms with E-state index in [-0.39, 0.29) is 34.6 Å². The number of fused-ring (bicyclic) bond motifs is 1. The summed E-state index contributed by atoms with van der Waals surface area (Å²) in [5.41, 5.74) is 8.27. The van der Waals surface area contributed by atoms with Gasteiger partial charge < -0.3 is 25.1 Å². The van der Waals surface area contributed by atoms with E-state index in [0.717, 1.165) is 12.1 Å². The summed E-state index contributed by atoms with van der Waals surface area (Å²) in [7, 11) is 0. The van der Waals surface area contributed by atoms with Gasteiger partial charge >= 0.3 is 0 Å². The van der Waals surface area contributed by atoms with Crippen molar-refractivity contribution in [2.45, 2.75) is 26.2 Å². The molecule has 1 aliphatic rings. The number of nitrogens with two attached hydrogens (primary N) is 1. The number of hydrogen-bond acceptors (Lipinski definition) is 7. The first-order valence-electron chi connectivity index (χ1n) is 13.5. The van der Waals surface area contributed by atoms with E-state index in [1.165, 1.54) is 46.2 Å². The van der Waals surface area contributed by atoms with Gasteiger partial charge in [-0.1, -0.05) is 6.07 Å². The number of ketones is 1. The zero-order valence-corrected chi connectivity index (χ0v) is 23.1. The predicted octanol–water partition coefficient (Wildman–Crippen LogP) is 5.71. The molecule has 14 heteroatoms. The standard InChI is InChI=1S/C30H24F4N6O4/c1-15-8-26(44-29-18(31)4-2-5-19(29)32)36-13-23(15)40-30(35)17(12-37-40)28(42)21-9-16-10-24(43-14-25(33)34)22(11-20(16)38-21)39-7-3-6-27(39)41/h2,4-5,8-13,25,38H,3,6-7,14,35H2,1H3. The minimum absolute atomic E-state index is 0.00307. The number of aryl methyl sites for hydroxylation is 1. The highest BCUT2D eigenvalue weighted by atomic mass is 19.3. The van der Waals surface area contributed by atoms with E-state index in [0.29, 0.717) is 47.2 Å². The summed E-state index contributed by atoms with van der Waals surface area (Å²) >= 11 is 0. The third kappa shape index (κ3) is 5.29. The molecule has 5 aromatic rings. The zero-order valence-electron chi connectivity index (χ0n) is 23.1. The Morgan fingerprint density at radius 3 is 2.57 bits per heavy atom. The van der Waals surface area contributed by atoms with E-state index >= 15 is 0 Å². The van der Waals surface area contributed by atoms with E-state index in [2.05, 4.69) is 15.1 Å². The Hall–Kier alpha value is -5.40. The quantitative estimate of drug-likeness (QED) is 0.162. The van der Waals surface area contributed by atoms with Crippen LogP contribution < -0.4 is 20.1 Å². The molecule has 0 unspecified atom stereocenters. The van der Waals surface area contributed by atoms with Crippen LogP contribution in [0.2, 0.25) is 0 Å². The van der Waals surface area contributed by atoms with Gasteiger partial charge in [0.25, 0.3) is 6.43 Å². The fraction of sp³-hybridized carbons (Fsp3) is 0.200. The minimum Gasteiger partial charge on any atom is -0.485 e. The van der Waals surface area contributed by atoms with Crippen LogP contribution in [0.5, 0.6) is 17.4 Å². The molecule has 226 valence electrons. The molecule has 10 nitrogen and oxygen atoms in total. The number of alkyl halides is 2. The molecule has 0 saturated carbocycles. The van der Waals surface area contributed by atoms with Crippen molar-refractivity contribution in [2.75, 3.05) is 23.8 Å². The summed E-state index contributed by atoms with van der Waals surface area (Å²) in [6.07, 6.45) is 0.865. The van der Waals surface area contributed by atoms with Crippen LogP contribution in [0.3, 0.4) is 0 Å². The van der Waals surface area contributed by atoms with Gasteiger partial charge in [0.2, 0.25) is 23.3 Å². The van der Waals surface area contributed by atoms with Gasteiger partial charge in [0, 0.05) is 29.9 Å². The number of nitrogens with zero attached hydrogens (tertiary/aromatic N) is 4. The highest BCUT2D eigenvalue weighted by molar-refractivity contribution is 6.13. The lowest BCUT2D eigenvalue weighted by molar-refractivity contribution is -0.117. The van der Waals surface area contributed by atoms with Crippen LogP contribution in [0.25, 0.3) is 16.6 Å². The van der Waals surface area contributed by atoms with Gasteiger partial charge in [0.05, 0.1) is 35.0 Å². The first kappa shape index (κ1) is 28.7. The van der Waals surface area contributed by atoms with Crippen molar-refractivity contribution in [1.29, 1.82) is 0 Å². The van der Waals surface area contributed by atoms with Gasteiger partial charge in [-0.3, -0.25) is 9.59 Å². The molecule has 1 saturated heterocycles. The summed E-state index contributed by atoms with van der Waals surface area (Å²) in [4.78, 5) is 34.5. The van der Waals surface area contributed by atoms with Crippen LogP contribution in [0.1, 0.15) is 34.5 Å². The maximum atomic E-state index is 14.0. The number of aromatic nitrogens is 4. The first-order chi connectivity index (χ1) is 21.1. The smallest absolute Gasteiger partial charge is 0.272 e. The number of amides is 1. The molecule has 6 rings (SSSR count). The molecule has 3 N–H and O–H groups in total. The van der Waals surface area contributed by atoms with Gasteiger partial charge in [-0.25, -0.2) is 27.2 Å². The molecule has 0 radical (unpaired) electrons. The number of nitrogens with one attached hydrogen (secondary N) is 1. The van der Waals surface area contributed by atoms with Gasteiger partial charge in [-0.15, -0.1) is 0 Å². The summed E-state index contributed by atoms with van der Waals surface area (Å²) in [5, 5.41) is 4.74. The average Bonchev–Trinajstić information content (AvgIpc) is 3.71. The number of anilines is 2. The number of pyridine rings is 1. The highest BCUT2D eigenvalue weighted by Crippen LogP contribution is 2.37. The topological polar surface area (TPSA) is 128 Å². The second kappa shape index (κ2) is 11.4. The van der Waals surface area contributed by atoms with Gasteiger partial charge in [0.15, 0.2) is 11.6 Å². The first-order valence-corrected chi connectivity index (χ1v) is 13.5. The number of carbonyl (C=O) groups excluding carboxylic acids is 2. The Labute approximate surface area is 247 Å². The Balaban J connectivity index is 1.29. The highest BCUT2D eigenvalue weighted by Gasteiger charge is 2.27. The molecule has 0 bridgehead atoms. The van der Waals surface area contributed by atoms with Crippen molar-refractivity contribution in [3.63, 3.8) is 0 Å². The number of halogens is 4. The maximum Gasteiger partial charge on any atom is 0.272 e. The summed E-state index contributed by atoms with van der Waals surface area (Å²) < 4.78 is 65.8. The van der Waals surface area contributed by atoms with Crippen LogP contribution in [0.4, 0.5) is 29.1 Å². The number of rotatable bonds is 9. The van der Waals surface area contributed by atoms with Crippen LogP contribution >= 0.6 is 0 Å². The molecule has 4 heterocycles. The number of ether oxygens (including phenoxy) is 2. The molecule has 2 aromatic carbocycles. The SMILES string of the molecule is Cc1cc(Oc2c(F)cccc2F)ncc1-n1ncc(C(=O)c2cc3cc(OCC(F)F)c(N4CCCC4=O)cc3[nH]2)c1N. The van der Waals surface area contributed by atoms with Crippen molar-refractivity contribution in [3.8, 4) is 23.1 Å².